The van der Waals surface area contributed by atoms with E-state index in [0.717, 1.165) is 9.84 Å². The monoisotopic (exact) mass is 346 g/mol. The molecule has 2 heteroatoms. The van der Waals surface area contributed by atoms with Crippen molar-refractivity contribution in [3.8, 4) is 0 Å². The van der Waals surface area contributed by atoms with Crippen molar-refractivity contribution in [2.45, 2.75) is 36.5 Å². The van der Waals surface area contributed by atoms with Gasteiger partial charge in [-0.3, -0.25) is 0 Å². The fraction of sp³-hybridized carbons (Fsp3) is 0.571. The lowest BCUT2D eigenvalue weighted by Crippen LogP contribution is -1.94. The fourth-order valence-electron chi connectivity index (χ4n) is 2.18. The Kier molecular flexibility index (Phi) is 3.60. The maximum absolute atomic E-state index is 2.61. The molecule has 0 amide bonds. The number of hydrogen-bond donors (Lipinski definition) is 0. The number of alkyl halides is 1. The average Bonchev–Trinajstić information content (AvgIpc) is 2.67. The second-order valence-electron chi connectivity index (χ2n) is 5.36. The molecule has 16 heavy (non-hydrogen) atoms. The van der Waals surface area contributed by atoms with Gasteiger partial charge in [-0.2, -0.15) is 0 Å². The van der Waals surface area contributed by atoms with Gasteiger partial charge in [-0.25, -0.2) is 0 Å². The van der Waals surface area contributed by atoms with Crippen LogP contribution in [0, 0.1) is 25.2 Å². The summed E-state index contributed by atoms with van der Waals surface area (Å²) in [5, 5.41) is 0. The molecule has 0 aromatic heterocycles. The normalized spacial score (nSPS) is 26.8. The van der Waals surface area contributed by atoms with Crippen LogP contribution in [0.2, 0.25) is 0 Å². The molecule has 1 aromatic carbocycles. The Morgan fingerprint density at radius 3 is 2.19 bits per heavy atom. The zero-order valence-electron chi connectivity index (χ0n) is 10.4. The summed E-state index contributed by atoms with van der Waals surface area (Å²) in [5.41, 5.74) is 3.41. The van der Waals surface area contributed by atoms with E-state index in [-0.39, 0.29) is 0 Å². The van der Waals surface area contributed by atoms with E-state index in [1.54, 1.807) is 0 Å². The van der Waals surface area contributed by atoms with Crippen molar-refractivity contribution in [2.75, 3.05) is 5.75 Å². The SMILES string of the molecule is Cc1cccc(C)c1SC[C@@H]1[C@@H](I)C1(C)C. The Bertz CT molecular complexity index is 377. The number of rotatable bonds is 3. The molecule has 0 bridgehead atoms. The predicted molar refractivity (Wildman–Crippen MR) is 81.7 cm³/mol. The lowest BCUT2D eigenvalue weighted by Gasteiger charge is -2.09. The molecule has 0 spiro atoms. The number of hydrogen-bond acceptors (Lipinski definition) is 1. The minimum absolute atomic E-state index is 0.560. The van der Waals surface area contributed by atoms with Crippen molar-refractivity contribution < 1.29 is 0 Å². The van der Waals surface area contributed by atoms with Gasteiger partial charge in [-0.15, -0.1) is 11.8 Å². The van der Waals surface area contributed by atoms with Gasteiger partial charge in [0.1, 0.15) is 0 Å². The van der Waals surface area contributed by atoms with Crippen LogP contribution in [0.25, 0.3) is 0 Å². The lowest BCUT2D eigenvalue weighted by atomic mass is 10.1. The van der Waals surface area contributed by atoms with Crippen molar-refractivity contribution in [1.82, 2.24) is 0 Å². The van der Waals surface area contributed by atoms with Gasteiger partial charge < -0.3 is 0 Å². The van der Waals surface area contributed by atoms with E-state index in [1.165, 1.54) is 21.8 Å². The number of benzene rings is 1. The Labute approximate surface area is 117 Å². The molecule has 2 atom stereocenters. The second-order valence-corrected chi connectivity index (χ2v) is 7.73. The van der Waals surface area contributed by atoms with Crippen LogP contribution in [0.5, 0.6) is 0 Å². The first kappa shape index (κ1) is 12.7. The van der Waals surface area contributed by atoms with Gasteiger partial charge in [-0.05, 0) is 36.3 Å². The zero-order chi connectivity index (χ0) is 11.9. The average molecular weight is 346 g/mol. The van der Waals surface area contributed by atoms with Crippen LogP contribution in [0.3, 0.4) is 0 Å². The van der Waals surface area contributed by atoms with Crippen molar-refractivity contribution in [2.24, 2.45) is 11.3 Å². The molecule has 1 saturated carbocycles. The summed E-state index contributed by atoms with van der Waals surface area (Å²) < 4.78 is 0.863. The summed E-state index contributed by atoms with van der Waals surface area (Å²) in [6.07, 6.45) is 0. The highest BCUT2D eigenvalue weighted by Crippen LogP contribution is 2.58. The molecule has 0 unspecified atom stereocenters. The summed E-state index contributed by atoms with van der Waals surface area (Å²) in [4.78, 5) is 1.49. The van der Waals surface area contributed by atoms with Crippen LogP contribution in [0.15, 0.2) is 23.1 Å². The standard InChI is InChI=1S/C14H19IS/c1-9-6-5-7-10(2)12(9)16-8-11-13(15)14(11,3)4/h5-7,11,13H,8H2,1-4H3/t11-,13-/m1/s1. The van der Waals surface area contributed by atoms with Gasteiger partial charge in [0.2, 0.25) is 0 Å². The van der Waals surface area contributed by atoms with Crippen LogP contribution in [0.4, 0.5) is 0 Å². The highest BCUT2D eigenvalue weighted by atomic mass is 127. The van der Waals surface area contributed by atoms with Gasteiger partial charge in [0.15, 0.2) is 0 Å². The summed E-state index contributed by atoms with van der Waals surface area (Å²) in [7, 11) is 0. The number of halogens is 1. The first-order chi connectivity index (χ1) is 7.44. The smallest absolute Gasteiger partial charge is 0.0206 e. The molecule has 2 rings (SSSR count). The van der Waals surface area contributed by atoms with E-state index in [9.17, 15) is 0 Å². The van der Waals surface area contributed by atoms with Crippen LogP contribution < -0.4 is 0 Å². The van der Waals surface area contributed by atoms with Crippen molar-refractivity contribution >= 4 is 34.4 Å². The van der Waals surface area contributed by atoms with Crippen molar-refractivity contribution in [3.05, 3.63) is 29.3 Å². The molecule has 1 fully saturated rings. The summed E-state index contributed by atoms with van der Waals surface area (Å²) in [6, 6.07) is 6.58. The van der Waals surface area contributed by atoms with E-state index in [2.05, 4.69) is 68.5 Å². The largest absolute Gasteiger partial charge is 0.125 e. The Hall–Kier alpha value is 0.300. The third-order valence-electron chi connectivity index (χ3n) is 3.73. The van der Waals surface area contributed by atoms with Crippen molar-refractivity contribution in [3.63, 3.8) is 0 Å². The third-order valence-corrected chi connectivity index (χ3v) is 7.66. The Balaban J connectivity index is 2.01. The highest BCUT2D eigenvalue weighted by Gasteiger charge is 2.55. The van der Waals surface area contributed by atoms with Crippen LogP contribution in [-0.4, -0.2) is 9.68 Å². The van der Waals surface area contributed by atoms with E-state index in [4.69, 9.17) is 0 Å². The highest BCUT2D eigenvalue weighted by molar-refractivity contribution is 14.1. The fourth-order valence-corrected chi connectivity index (χ4v) is 5.52. The number of aryl methyl sites for hydroxylation is 2. The molecule has 88 valence electrons. The van der Waals surface area contributed by atoms with Crippen LogP contribution in [0.1, 0.15) is 25.0 Å². The maximum Gasteiger partial charge on any atom is 0.0206 e. The Morgan fingerprint density at radius 1 is 1.25 bits per heavy atom. The molecule has 0 heterocycles. The van der Waals surface area contributed by atoms with Gasteiger partial charge in [-0.1, -0.05) is 54.6 Å². The van der Waals surface area contributed by atoms with E-state index < -0.39 is 0 Å². The van der Waals surface area contributed by atoms with E-state index in [1.807, 2.05) is 11.8 Å². The molecule has 0 nitrogen and oxygen atoms in total. The molecule has 1 aliphatic carbocycles. The molecule has 0 aliphatic heterocycles. The van der Waals surface area contributed by atoms with Crippen LogP contribution >= 0.6 is 34.4 Å². The van der Waals surface area contributed by atoms with E-state index >= 15 is 0 Å². The topological polar surface area (TPSA) is 0 Å². The van der Waals surface area contributed by atoms with Gasteiger partial charge in [0, 0.05) is 14.6 Å². The lowest BCUT2D eigenvalue weighted by molar-refractivity contribution is 0.593. The molecule has 1 aliphatic rings. The number of thioether (sulfide) groups is 1. The van der Waals surface area contributed by atoms with Gasteiger partial charge in [0.25, 0.3) is 0 Å². The first-order valence-corrected chi connectivity index (χ1v) is 8.01. The summed E-state index contributed by atoms with van der Waals surface area (Å²) in [6.45, 7) is 9.21. The minimum Gasteiger partial charge on any atom is -0.125 e. The quantitative estimate of drug-likeness (QED) is 0.428. The third kappa shape index (κ3) is 2.28. The van der Waals surface area contributed by atoms with Crippen LogP contribution in [-0.2, 0) is 0 Å². The molecule has 0 radical (unpaired) electrons. The first-order valence-electron chi connectivity index (χ1n) is 5.77. The molecular weight excluding hydrogens is 327 g/mol. The summed E-state index contributed by atoms with van der Waals surface area (Å²) >= 11 is 4.65. The van der Waals surface area contributed by atoms with Crippen molar-refractivity contribution in [1.29, 1.82) is 0 Å². The van der Waals surface area contributed by atoms with E-state index in [0.29, 0.717) is 5.41 Å². The molecule has 1 aromatic rings. The minimum atomic E-state index is 0.560. The maximum atomic E-state index is 2.61. The van der Waals surface area contributed by atoms with Gasteiger partial charge >= 0.3 is 0 Å². The second kappa shape index (κ2) is 4.52. The zero-order valence-corrected chi connectivity index (χ0v) is 13.4. The summed E-state index contributed by atoms with van der Waals surface area (Å²) in [5.74, 6) is 2.16. The Morgan fingerprint density at radius 2 is 1.75 bits per heavy atom. The predicted octanol–water partition coefficient (Wildman–Crippen LogP) is 4.86. The molecule has 0 N–H and O–H groups in total. The molecular formula is C14H19IS. The molecule has 0 saturated heterocycles. The van der Waals surface area contributed by atoms with Gasteiger partial charge in [0.05, 0.1) is 0 Å².